The number of hydrazone groups is 1. The van der Waals surface area contributed by atoms with Crippen LogP contribution in [0.15, 0.2) is 65.3 Å². The van der Waals surface area contributed by atoms with Crippen LogP contribution in [0, 0.1) is 0 Å². The summed E-state index contributed by atoms with van der Waals surface area (Å²) in [5.41, 5.74) is 3.18. The minimum Gasteiger partial charge on any atom is -0.493 e. The third kappa shape index (κ3) is 2.37. The summed E-state index contributed by atoms with van der Waals surface area (Å²) in [6.07, 6.45) is 4.12. The molecule has 2 atom stereocenters. The van der Waals surface area contributed by atoms with E-state index in [1.165, 1.54) is 4.88 Å². The fourth-order valence-corrected chi connectivity index (χ4v) is 4.30. The lowest BCUT2D eigenvalue weighted by atomic mass is 9.97. The minimum absolute atomic E-state index is 0.121. The summed E-state index contributed by atoms with van der Waals surface area (Å²) in [6, 6.07) is 14.3. The van der Waals surface area contributed by atoms with Crippen molar-refractivity contribution in [1.29, 1.82) is 0 Å². The van der Waals surface area contributed by atoms with E-state index in [1.54, 1.807) is 24.6 Å². The largest absolute Gasteiger partial charge is 0.493 e. The highest BCUT2D eigenvalue weighted by Gasteiger charge is 2.42. The maximum atomic E-state index is 6.38. The highest BCUT2D eigenvalue weighted by molar-refractivity contribution is 7.12. The van der Waals surface area contributed by atoms with Crippen LogP contribution in [0.25, 0.3) is 0 Å². The highest BCUT2D eigenvalue weighted by atomic mass is 32.1. The van der Waals surface area contributed by atoms with E-state index in [0.717, 1.165) is 34.8 Å². The Bertz CT molecular complexity index is 956. The lowest BCUT2D eigenvalue weighted by Gasteiger charge is -2.38. The van der Waals surface area contributed by atoms with Crippen LogP contribution in [-0.2, 0) is 0 Å². The van der Waals surface area contributed by atoms with Crippen LogP contribution < -0.4 is 9.47 Å². The molecule has 6 heteroatoms. The van der Waals surface area contributed by atoms with Crippen molar-refractivity contribution in [1.82, 2.24) is 9.99 Å². The van der Waals surface area contributed by atoms with Gasteiger partial charge in [0.1, 0.15) is 0 Å². The van der Waals surface area contributed by atoms with Crippen LogP contribution >= 0.6 is 11.3 Å². The van der Waals surface area contributed by atoms with Crippen LogP contribution in [0.2, 0.25) is 0 Å². The molecule has 0 fully saturated rings. The Kier molecular flexibility index (Phi) is 3.64. The molecule has 26 heavy (non-hydrogen) atoms. The second-order valence-electron chi connectivity index (χ2n) is 6.26. The molecule has 2 aliphatic rings. The number of aromatic nitrogens is 1. The SMILES string of the molecule is COc1cccc2c1O[C@@H](c1cccnc1)N1N=C(c3cccs3)C[C@H]21. The average molecular weight is 363 g/mol. The summed E-state index contributed by atoms with van der Waals surface area (Å²) >= 11 is 1.72. The van der Waals surface area contributed by atoms with Crippen molar-refractivity contribution < 1.29 is 9.47 Å². The summed E-state index contributed by atoms with van der Waals surface area (Å²) in [7, 11) is 1.67. The summed E-state index contributed by atoms with van der Waals surface area (Å²) in [4.78, 5) is 5.46. The number of thiophene rings is 1. The van der Waals surface area contributed by atoms with E-state index < -0.39 is 0 Å². The van der Waals surface area contributed by atoms with Crippen LogP contribution in [0.4, 0.5) is 0 Å². The number of benzene rings is 1. The van der Waals surface area contributed by atoms with Crippen molar-refractivity contribution >= 4 is 17.0 Å². The van der Waals surface area contributed by atoms with Crippen molar-refractivity contribution in [2.45, 2.75) is 18.7 Å². The number of para-hydroxylation sites is 1. The van der Waals surface area contributed by atoms with E-state index >= 15 is 0 Å². The maximum absolute atomic E-state index is 6.38. The predicted octanol–water partition coefficient (Wildman–Crippen LogP) is 4.39. The first-order valence-corrected chi connectivity index (χ1v) is 9.36. The predicted molar refractivity (Wildman–Crippen MR) is 101 cm³/mol. The molecule has 0 spiro atoms. The number of ether oxygens (including phenoxy) is 2. The van der Waals surface area contributed by atoms with Crippen molar-refractivity contribution in [3.05, 3.63) is 76.2 Å². The Labute approximate surface area is 155 Å². The molecule has 5 nitrogen and oxygen atoms in total. The number of nitrogens with zero attached hydrogens (tertiary/aromatic N) is 3. The molecule has 0 saturated carbocycles. The molecule has 0 aliphatic carbocycles. The third-order valence-corrected chi connectivity index (χ3v) is 5.69. The standard InChI is InChI=1S/C20H17N3O2S/c1-24-17-7-2-6-14-16-11-15(18-8-4-10-26-18)22-23(16)20(25-19(14)17)13-5-3-9-21-12-13/h2-10,12,16,20H,11H2,1H3/t16-,20+/m1/s1. The monoisotopic (exact) mass is 363 g/mol. The number of hydrogen-bond acceptors (Lipinski definition) is 6. The fraction of sp³-hybridized carbons (Fsp3) is 0.200. The van der Waals surface area contributed by atoms with Crippen molar-refractivity contribution in [2.75, 3.05) is 7.11 Å². The van der Waals surface area contributed by atoms with Gasteiger partial charge >= 0.3 is 0 Å². The van der Waals surface area contributed by atoms with Gasteiger partial charge in [-0.3, -0.25) is 4.98 Å². The average Bonchev–Trinajstić information content (AvgIpc) is 3.37. The molecular weight excluding hydrogens is 346 g/mol. The Morgan fingerprint density at radius 1 is 1.19 bits per heavy atom. The smallest absolute Gasteiger partial charge is 0.215 e. The topological polar surface area (TPSA) is 47.0 Å². The number of methoxy groups -OCH3 is 1. The van der Waals surface area contributed by atoms with E-state index in [-0.39, 0.29) is 12.3 Å². The lowest BCUT2D eigenvalue weighted by Crippen LogP contribution is -2.33. The molecule has 2 aromatic heterocycles. The van der Waals surface area contributed by atoms with E-state index in [2.05, 4.69) is 33.6 Å². The zero-order valence-electron chi connectivity index (χ0n) is 14.2. The Hall–Kier alpha value is -2.86. The normalized spacial score (nSPS) is 20.8. The van der Waals surface area contributed by atoms with Crippen LogP contribution in [-0.4, -0.2) is 22.8 Å². The first kappa shape index (κ1) is 15.4. The molecule has 5 rings (SSSR count). The molecular formula is C20H17N3O2S. The van der Waals surface area contributed by atoms with Gasteiger partial charge in [-0.1, -0.05) is 24.3 Å². The van der Waals surface area contributed by atoms with Gasteiger partial charge in [0.15, 0.2) is 11.5 Å². The van der Waals surface area contributed by atoms with Crippen LogP contribution in [0.1, 0.15) is 34.7 Å². The van der Waals surface area contributed by atoms with Gasteiger partial charge in [-0.05, 0) is 23.6 Å². The second kappa shape index (κ2) is 6.14. The zero-order chi connectivity index (χ0) is 17.5. The van der Waals surface area contributed by atoms with Gasteiger partial charge in [-0.25, -0.2) is 5.01 Å². The van der Waals surface area contributed by atoms with Gasteiger partial charge in [0.25, 0.3) is 0 Å². The minimum atomic E-state index is -0.324. The first-order chi connectivity index (χ1) is 12.8. The highest BCUT2D eigenvalue weighted by Crippen LogP contribution is 2.50. The van der Waals surface area contributed by atoms with E-state index in [4.69, 9.17) is 14.6 Å². The van der Waals surface area contributed by atoms with Crippen molar-refractivity contribution in [2.24, 2.45) is 5.10 Å². The second-order valence-corrected chi connectivity index (χ2v) is 7.21. The Morgan fingerprint density at radius 2 is 2.15 bits per heavy atom. The first-order valence-electron chi connectivity index (χ1n) is 8.48. The van der Waals surface area contributed by atoms with Gasteiger partial charge in [0.05, 0.1) is 23.7 Å². The van der Waals surface area contributed by atoms with Crippen molar-refractivity contribution in [3.8, 4) is 11.5 Å². The Morgan fingerprint density at radius 3 is 2.92 bits per heavy atom. The molecule has 0 unspecified atom stereocenters. The molecule has 0 N–H and O–H groups in total. The quantitative estimate of drug-likeness (QED) is 0.692. The third-order valence-electron chi connectivity index (χ3n) is 4.78. The Balaban J connectivity index is 1.64. The number of rotatable bonds is 3. The number of hydrogen-bond donors (Lipinski definition) is 0. The summed E-state index contributed by atoms with van der Waals surface area (Å²) in [6.45, 7) is 0. The van der Waals surface area contributed by atoms with E-state index in [1.807, 2.05) is 30.5 Å². The molecule has 0 radical (unpaired) electrons. The summed E-state index contributed by atoms with van der Waals surface area (Å²) in [5, 5.41) is 9.08. The molecule has 4 heterocycles. The number of fused-ring (bicyclic) bond motifs is 3. The van der Waals surface area contributed by atoms with E-state index in [0.29, 0.717) is 0 Å². The number of pyridine rings is 1. The fourth-order valence-electron chi connectivity index (χ4n) is 3.58. The van der Waals surface area contributed by atoms with Gasteiger partial charge < -0.3 is 9.47 Å². The maximum Gasteiger partial charge on any atom is 0.215 e. The lowest BCUT2D eigenvalue weighted by molar-refractivity contribution is -0.0211. The summed E-state index contributed by atoms with van der Waals surface area (Å²) in [5.74, 6) is 1.55. The molecule has 0 bridgehead atoms. The summed E-state index contributed by atoms with van der Waals surface area (Å²) < 4.78 is 11.9. The molecule has 1 aromatic carbocycles. The molecule has 3 aromatic rings. The molecule has 0 amide bonds. The van der Waals surface area contributed by atoms with Gasteiger partial charge in [0.2, 0.25) is 6.23 Å². The molecule has 0 saturated heterocycles. The molecule has 130 valence electrons. The zero-order valence-corrected chi connectivity index (χ0v) is 15.0. The van der Waals surface area contributed by atoms with Gasteiger partial charge in [-0.15, -0.1) is 11.3 Å². The van der Waals surface area contributed by atoms with Crippen molar-refractivity contribution in [3.63, 3.8) is 0 Å². The van der Waals surface area contributed by atoms with Crippen LogP contribution in [0.5, 0.6) is 11.5 Å². The van der Waals surface area contributed by atoms with Crippen LogP contribution in [0.3, 0.4) is 0 Å². The molecule has 2 aliphatic heterocycles. The van der Waals surface area contributed by atoms with E-state index in [9.17, 15) is 0 Å². The van der Waals surface area contributed by atoms with Gasteiger partial charge in [0, 0.05) is 29.9 Å². The van der Waals surface area contributed by atoms with Gasteiger partial charge in [-0.2, -0.15) is 5.10 Å².